The van der Waals surface area contributed by atoms with Gasteiger partial charge in [0.1, 0.15) is 5.84 Å². The van der Waals surface area contributed by atoms with Gasteiger partial charge in [-0.25, -0.2) is 0 Å². The Kier molecular flexibility index (Phi) is 7.43. The van der Waals surface area contributed by atoms with Crippen molar-refractivity contribution in [1.82, 2.24) is 5.32 Å². The number of nitrogens with zero attached hydrogens (tertiary/aromatic N) is 1. The van der Waals surface area contributed by atoms with Crippen molar-refractivity contribution in [2.24, 2.45) is 10.7 Å². The highest BCUT2D eigenvalue weighted by Gasteiger charge is 2.03. The van der Waals surface area contributed by atoms with Gasteiger partial charge in [-0.2, -0.15) is 0 Å². The predicted molar refractivity (Wildman–Crippen MR) is 76.7 cm³/mol. The molecule has 100 valence electrons. The molecule has 0 saturated carbocycles. The average Bonchev–Trinajstić information content (AvgIpc) is 2.38. The SMILES string of the molecule is CC.CN=C(N)c1ccc(CNC(C)=O)cc1C. The maximum Gasteiger partial charge on any atom is 0.217 e. The molecule has 0 aliphatic carbocycles. The monoisotopic (exact) mass is 249 g/mol. The quantitative estimate of drug-likeness (QED) is 0.635. The van der Waals surface area contributed by atoms with Crippen LogP contribution in [0.1, 0.15) is 37.5 Å². The van der Waals surface area contributed by atoms with Crippen molar-refractivity contribution in [1.29, 1.82) is 0 Å². The van der Waals surface area contributed by atoms with Crippen molar-refractivity contribution in [2.75, 3.05) is 7.05 Å². The van der Waals surface area contributed by atoms with E-state index in [1.807, 2.05) is 39.0 Å². The number of nitrogens with two attached hydrogens (primary N) is 1. The van der Waals surface area contributed by atoms with Crippen molar-refractivity contribution >= 4 is 11.7 Å². The minimum absolute atomic E-state index is 0.0311. The Morgan fingerprint density at radius 3 is 2.44 bits per heavy atom. The van der Waals surface area contributed by atoms with Gasteiger partial charge in [-0.1, -0.05) is 32.0 Å². The Morgan fingerprint density at radius 1 is 1.39 bits per heavy atom. The fourth-order valence-corrected chi connectivity index (χ4v) is 1.47. The molecule has 0 heterocycles. The van der Waals surface area contributed by atoms with E-state index in [2.05, 4.69) is 10.3 Å². The van der Waals surface area contributed by atoms with Gasteiger partial charge in [0.15, 0.2) is 0 Å². The molecule has 3 N–H and O–H groups in total. The minimum Gasteiger partial charge on any atom is -0.384 e. The number of hydrogen-bond acceptors (Lipinski definition) is 2. The molecule has 0 atom stereocenters. The van der Waals surface area contributed by atoms with Crippen molar-refractivity contribution in [3.63, 3.8) is 0 Å². The molecule has 1 rings (SSSR count). The Hall–Kier alpha value is -1.84. The number of amides is 1. The van der Waals surface area contributed by atoms with Gasteiger partial charge in [-0.3, -0.25) is 9.79 Å². The molecule has 0 radical (unpaired) electrons. The first kappa shape index (κ1) is 16.2. The van der Waals surface area contributed by atoms with Crippen LogP contribution in [0.3, 0.4) is 0 Å². The van der Waals surface area contributed by atoms with Crippen LogP contribution >= 0.6 is 0 Å². The van der Waals surface area contributed by atoms with Crippen LogP contribution in [0.5, 0.6) is 0 Å². The summed E-state index contributed by atoms with van der Waals surface area (Å²) >= 11 is 0. The Bertz CT molecular complexity index is 425. The molecule has 18 heavy (non-hydrogen) atoms. The molecule has 0 aliphatic heterocycles. The van der Waals surface area contributed by atoms with Gasteiger partial charge in [0.2, 0.25) is 5.91 Å². The van der Waals surface area contributed by atoms with Crippen LogP contribution in [0, 0.1) is 6.92 Å². The summed E-state index contributed by atoms with van der Waals surface area (Å²) in [6, 6.07) is 5.87. The third-order valence-electron chi connectivity index (χ3n) is 2.35. The topological polar surface area (TPSA) is 67.5 Å². The normalized spacial score (nSPS) is 10.4. The summed E-state index contributed by atoms with van der Waals surface area (Å²) in [6.45, 7) is 8.02. The molecule has 0 unspecified atom stereocenters. The summed E-state index contributed by atoms with van der Waals surface area (Å²) in [7, 11) is 1.67. The third-order valence-corrected chi connectivity index (χ3v) is 2.35. The van der Waals surface area contributed by atoms with Gasteiger partial charge >= 0.3 is 0 Å². The molecule has 1 amide bonds. The summed E-state index contributed by atoms with van der Waals surface area (Å²) in [5.74, 6) is 0.500. The molecule has 4 heteroatoms. The number of benzene rings is 1. The average molecular weight is 249 g/mol. The number of aryl methyl sites for hydroxylation is 1. The molecule has 0 aliphatic rings. The lowest BCUT2D eigenvalue weighted by atomic mass is 10.0. The van der Waals surface area contributed by atoms with E-state index < -0.39 is 0 Å². The molecular formula is C14H23N3O. The van der Waals surface area contributed by atoms with Crippen LogP contribution < -0.4 is 11.1 Å². The fraction of sp³-hybridized carbons (Fsp3) is 0.429. The minimum atomic E-state index is -0.0311. The van der Waals surface area contributed by atoms with Gasteiger partial charge in [-0.05, 0) is 18.1 Å². The maximum absolute atomic E-state index is 10.8. The molecular weight excluding hydrogens is 226 g/mol. The molecule has 1 aromatic rings. The summed E-state index contributed by atoms with van der Waals surface area (Å²) < 4.78 is 0. The van der Waals surface area contributed by atoms with Crippen LogP contribution in [0.4, 0.5) is 0 Å². The van der Waals surface area contributed by atoms with Crippen molar-refractivity contribution in [3.8, 4) is 0 Å². The van der Waals surface area contributed by atoms with Crippen LogP contribution in [-0.2, 0) is 11.3 Å². The highest BCUT2D eigenvalue weighted by molar-refractivity contribution is 5.98. The lowest BCUT2D eigenvalue weighted by Crippen LogP contribution is -2.19. The smallest absolute Gasteiger partial charge is 0.217 e. The number of amidine groups is 1. The standard InChI is InChI=1S/C12H17N3O.C2H6/c1-8-6-10(7-15-9(2)16)4-5-11(8)12(13)14-3;1-2/h4-6H,7H2,1-3H3,(H2,13,14)(H,15,16);1-2H3. The Labute approximate surface area is 109 Å². The van der Waals surface area contributed by atoms with Gasteiger partial charge in [-0.15, -0.1) is 0 Å². The molecule has 0 aromatic heterocycles. The Balaban J connectivity index is 0.00000137. The van der Waals surface area contributed by atoms with E-state index in [0.29, 0.717) is 12.4 Å². The van der Waals surface area contributed by atoms with E-state index in [0.717, 1.165) is 16.7 Å². The van der Waals surface area contributed by atoms with Gasteiger partial charge < -0.3 is 11.1 Å². The van der Waals surface area contributed by atoms with Crippen LogP contribution in [-0.4, -0.2) is 18.8 Å². The van der Waals surface area contributed by atoms with E-state index in [4.69, 9.17) is 5.73 Å². The van der Waals surface area contributed by atoms with Crippen molar-refractivity contribution in [2.45, 2.75) is 34.2 Å². The molecule has 0 bridgehead atoms. The van der Waals surface area contributed by atoms with Gasteiger partial charge in [0, 0.05) is 26.1 Å². The van der Waals surface area contributed by atoms with E-state index in [1.165, 1.54) is 6.92 Å². The fourth-order valence-electron chi connectivity index (χ4n) is 1.47. The van der Waals surface area contributed by atoms with Crippen molar-refractivity contribution in [3.05, 3.63) is 34.9 Å². The van der Waals surface area contributed by atoms with E-state index in [1.54, 1.807) is 7.05 Å². The van der Waals surface area contributed by atoms with Gasteiger partial charge in [0.05, 0.1) is 0 Å². The highest BCUT2D eigenvalue weighted by Crippen LogP contribution is 2.10. The molecule has 0 fully saturated rings. The number of rotatable bonds is 3. The van der Waals surface area contributed by atoms with Crippen LogP contribution in [0.2, 0.25) is 0 Å². The second-order valence-electron chi connectivity index (χ2n) is 3.67. The first-order valence-electron chi connectivity index (χ1n) is 6.11. The zero-order chi connectivity index (χ0) is 14.1. The number of carbonyl (C=O) groups excluding carboxylic acids is 1. The number of hydrogen-bond donors (Lipinski definition) is 2. The summed E-state index contributed by atoms with van der Waals surface area (Å²) in [6.07, 6.45) is 0. The highest BCUT2D eigenvalue weighted by atomic mass is 16.1. The summed E-state index contributed by atoms with van der Waals surface area (Å²) in [5.41, 5.74) is 8.80. The molecule has 0 saturated heterocycles. The largest absolute Gasteiger partial charge is 0.384 e. The van der Waals surface area contributed by atoms with E-state index in [9.17, 15) is 4.79 Å². The molecule has 1 aromatic carbocycles. The number of carbonyl (C=O) groups is 1. The van der Waals surface area contributed by atoms with E-state index >= 15 is 0 Å². The molecule has 4 nitrogen and oxygen atoms in total. The zero-order valence-corrected chi connectivity index (χ0v) is 11.9. The first-order chi connectivity index (χ1) is 8.54. The second-order valence-corrected chi connectivity index (χ2v) is 3.67. The van der Waals surface area contributed by atoms with Gasteiger partial charge in [0.25, 0.3) is 0 Å². The van der Waals surface area contributed by atoms with Crippen LogP contribution in [0.25, 0.3) is 0 Å². The summed E-state index contributed by atoms with van der Waals surface area (Å²) in [4.78, 5) is 14.7. The lowest BCUT2D eigenvalue weighted by molar-refractivity contribution is -0.119. The number of nitrogens with one attached hydrogen (secondary N) is 1. The zero-order valence-electron chi connectivity index (χ0n) is 11.9. The second kappa shape index (κ2) is 8.28. The summed E-state index contributed by atoms with van der Waals surface area (Å²) in [5, 5.41) is 2.75. The molecule has 0 spiro atoms. The predicted octanol–water partition coefficient (Wildman–Crippen LogP) is 1.99. The Morgan fingerprint density at radius 2 is 2.00 bits per heavy atom. The van der Waals surface area contributed by atoms with E-state index in [-0.39, 0.29) is 5.91 Å². The van der Waals surface area contributed by atoms with Crippen LogP contribution in [0.15, 0.2) is 23.2 Å². The first-order valence-corrected chi connectivity index (χ1v) is 6.11. The third kappa shape index (κ3) is 4.99. The maximum atomic E-state index is 10.8. The number of aliphatic imine (C=N–C) groups is 1. The van der Waals surface area contributed by atoms with Crippen molar-refractivity contribution < 1.29 is 4.79 Å². The lowest BCUT2D eigenvalue weighted by Gasteiger charge is -2.08.